The van der Waals surface area contributed by atoms with Gasteiger partial charge in [-0.1, -0.05) is 31.2 Å². The molecule has 1 saturated heterocycles. The van der Waals surface area contributed by atoms with E-state index in [9.17, 15) is 18.0 Å². The molecule has 0 radical (unpaired) electrons. The number of carbonyl (C=O) groups is 2. The van der Waals surface area contributed by atoms with Crippen molar-refractivity contribution in [2.45, 2.75) is 51.7 Å². The minimum atomic E-state index is -5.08. The number of aryl methyl sites for hydroxylation is 1. The van der Waals surface area contributed by atoms with Crippen LogP contribution < -0.4 is 10.6 Å². The molecular formula is C20H27F3N2O3. The van der Waals surface area contributed by atoms with Crippen molar-refractivity contribution in [3.8, 4) is 0 Å². The van der Waals surface area contributed by atoms with Crippen molar-refractivity contribution in [3.63, 3.8) is 0 Å². The number of nitrogens with one attached hydrogen (secondary N) is 2. The number of amides is 1. The highest BCUT2D eigenvalue weighted by Gasteiger charge is 2.50. The topological polar surface area (TPSA) is 78.4 Å². The third kappa shape index (κ3) is 5.95. The molecule has 156 valence electrons. The quantitative estimate of drug-likeness (QED) is 0.726. The summed E-state index contributed by atoms with van der Waals surface area (Å²) in [6, 6.07) is 8.78. The van der Waals surface area contributed by atoms with Crippen LogP contribution in [0.3, 0.4) is 0 Å². The van der Waals surface area contributed by atoms with Crippen LogP contribution in [0.1, 0.15) is 37.3 Å². The Bertz CT molecular complexity index is 702. The second-order valence-electron chi connectivity index (χ2n) is 7.74. The molecule has 1 aromatic carbocycles. The Morgan fingerprint density at radius 1 is 1.29 bits per heavy atom. The Hall–Kier alpha value is -2.09. The Labute approximate surface area is 162 Å². The highest BCUT2D eigenvalue weighted by molar-refractivity contribution is 5.86. The van der Waals surface area contributed by atoms with E-state index in [-0.39, 0.29) is 11.3 Å². The zero-order valence-electron chi connectivity index (χ0n) is 16.1. The van der Waals surface area contributed by atoms with Gasteiger partial charge in [0.2, 0.25) is 5.91 Å². The second kappa shape index (κ2) is 8.94. The van der Waals surface area contributed by atoms with Gasteiger partial charge in [0.25, 0.3) is 0 Å². The second-order valence-corrected chi connectivity index (χ2v) is 7.74. The minimum absolute atomic E-state index is 0.128. The standard InChI is InChI=1S/C18H26N2O.C2HF3O2/c1-13-5-3-4-6-15(13)11-18(8-9-18)17(21)20-16-7-10-19-12-14(16)2;3-2(4,5)1(6)7/h3-6,14,16,19H,7-12H2,1-2H3,(H,20,21);(H,6,7)/t14-,16-;/m0./s1. The Morgan fingerprint density at radius 3 is 2.39 bits per heavy atom. The van der Waals surface area contributed by atoms with Crippen molar-refractivity contribution in [2.24, 2.45) is 11.3 Å². The zero-order valence-corrected chi connectivity index (χ0v) is 16.1. The van der Waals surface area contributed by atoms with Crippen molar-refractivity contribution >= 4 is 11.9 Å². The van der Waals surface area contributed by atoms with Crippen LogP contribution in [0.5, 0.6) is 0 Å². The third-order valence-electron chi connectivity index (χ3n) is 5.47. The van der Waals surface area contributed by atoms with Gasteiger partial charge in [-0.2, -0.15) is 13.2 Å². The number of carboxylic acids is 1. The SMILES string of the molecule is Cc1ccccc1CC1(C(=O)N[C@H]2CCNC[C@@H]2C)CC1.O=C(O)C(F)(F)F. The maximum atomic E-state index is 12.7. The van der Waals surface area contributed by atoms with Gasteiger partial charge in [0, 0.05) is 6.04 Å². The number of piperidine rings is 1. The van der Waals surface area contributed by atoms with Crippen LogP contribution in [-0.2, 0) is 16.0 Å². The molecule has 2 aliphatic rings. The number of alkyl halides is 3. The lowest BCUT2D eigenvalue weighted by Gasteiger charge is -2.31. The molecule has 1 amide bonds. The van der Waals surface area contributed by atoms with Crippen molar-refractivity contribution in [1.29, 1.82) is 0 Å². The number of hydrogen-bond donors (Lipinski definition) is 3. The van der Waals surface area contributed by atoms with Crippen LogP contribution in [0, 0.1) is 18.3 Å². The number of carbonyl (C=O) groups excluding carboxylic acids is 1. The molecule has 8 heteroatoms. The van der Waals surface area contributed by atoms with E-state index in [1.54, 1.807) is 0 Å². The van der Waals surface area contributed by atoms with Gasteiger partial charge in [0.1, 0.15) is 0 Å². The predicted octanol–water partition coefficient (Wildman–Crippen LogP) is 3.07. The van der Waals surface area contributed by atoms with Crippen molar-refractivity contribution in [2.75, 3.05) is 13.1 Å². The van der Waals surface area contributed by atoms with E-state index in [1.807, 2.05) is 0 Å². The predicted molar refractivity (Wildman–Crippen MR) is 98.8 cm³/mol. The van der Waals surface area contributed by atoms with E-state index in [2.05, 4.69) is 48.7 Å². The van der Waals surface area contributed by atoms with Gasteiger partial charge >= 0.3 is 12.1 Å². The van der Waals surface area contributed by atoms with Crippen LogP contribution in [0.2, 0.25) is 0 Å². The molecule has 1 heterocycles. The monoisotopic (exact) mass is 400 g/mol. The molecule has 1 aliphatic carbocycles. The number of benzene rings is 1. The lowest BCUT2D eigenvalue weighted by Crippen LogP contribution is -2.50. The zero-order chi connectivity index (χ0) is 20.9. The smallest absolute Gasteiger partial charge is 0.475 e. The number of halogens is 3. The van der Waals surface area contributed by atoms with Gasteiger partial charge in [0.05, 0.1) is 5.41 Å². The molecule has 1 saturated carbocycles. The van der Waals surface area contributed by atoms with E-state index >= 15 is 0 Å². The summed E-state index contributed by atoms with van der Waals surface area (Å²) in [7, 11) is 0. The van der Waals surface area contributed by atoms with E-state index in [0.717, 1.165) is 38.8 Å². The molecule has 5 nitrogen and oxygen atoms in total. The molecule has 0 aromatic heterocycles. The Kier molecular flexibility index (Phi) is 7.09. The molecule has 28 heavy (non-hydrogen) atoms. The third-order valence-corrected chi connectivity index (χ3v) is 5.47. The van der Waals surface area contributed by atoms with Crippen LogP contribution in [0.15, 0.2) is 24.3 Å². The first-order valence-electron chi connectivity index (χ1n) is 9.41. The van der Waals surface area contributed by atoms with Crippen LogP contribution in [0.4, 0.5) is 13.2 Å². The summed E-state index contributed by atoms with van der Waals surface area (Å²) in [4.78, 5) is 21.6. The summed E-state index contributed by atoms with van der Waals surface area (Å²) in [5.41, 5.74) is 2.49. The van der Waals surface area contributed by atoms with Crippen LogP contribution in [-0.4, -0.2) is 42.3 Å². The molecule has 0 spiro atoms. The summed E-state index contributed by atoms with van der Waals surface area (Å²) in [5, 5.41) is 13.8. The normalized spacial score (nSPS) is 23.2. The highest BCUT2D eigenvalue weighted by atomic mass is 19.4. The first kappa shape index (κ1) is 22.2. The summed E-state index contributed by atoms with van der Waals surface area (Å²) in [5.74, 6) is -1.95. The number of carboxylic acid groups (broad SMARTS) is 1. The largest absolute Gasteiger partial charge is 0.490 e. The van der Waals surface area contributed by atoms with Crippen molar-refractivity contribution in [3.05, 3.63) is 35.4 Å². The van der Waals surface area contributed by atoms with Crippen LogP contribution >= 0.6 is 0 Å². The minimum Gasteiger partial charge on any atom is -0.475 e. The van der Waals surface area contributed by atoms with E-state index in [1.165, 1.54) is 11.1 Å². The van der Waals surface area contributed by atoms with Gasteiger partial charge in [-0.25, -0.2) is 4.79 Å². The number of hydrogen-bond acceptors (Lipinski definition) is 3. The fraction of sp³-hybridized carbons (Fsp3) is 0.600. The number of rotatable bonds is 4. The van der Waals surface area contributed by atoms with Gasteiger partial charge in [-0.15, -0.1) is 0 Å². The molecule has 0 unspecified atom stereocenters. The van der Waals surface area contributed by atoms with E-state index in [0.29, 0.717) is 12.0 Å². The summed E-state index contributed by atoms with van der Waals surface area (Å²) in [6.45, 7) is 6.38. The summed E-state index contributed by atoms with van der Waals surface area (Å²) >= 11 is 0. The molecule has 3 N–H and O–H groups in total. The van der Waals surface area contributed by atoms with Gasteiger partial charge in [0.15, 0.2) is 0 Å². The molecule has 3 rings (SSSR count). The van der Waals surface area contributed by atoms with Gasteiger partial charge in [-0.05, 0) is 62.7 Å². The molecule has 1 aliphatic heterocycles. The lowest BCUT2D eigenvalue weighted by molar-refractivity contribution is -0.192. The fourth-order valence-electron chi connectivity index (χ4n) is 3.36. The Morgan fingerprint density at radius 2 is 1.89 bits per heavy atom. The maximum absolute atomic E-state index is 12.7. The average Bonchev–Trinajstić information content (AvgIpc) is 3.40. The lowest BCUT2D eigenvalue weighted by atomic mass is 9.90. The van der Waals surface area contributed by atoms with Gasteiger partial charge < -0.3 is 15.7 Å². The molecule has 2 fully saturated rings. The molecule has 2 atom stereocenters. The Balaban J connectivity index is 0.000000345. The summed E-state index contributed by atoms with van der Waals surface area (Å²) in [6.07, 6.45) is -1.07. The number of aliphatic carboxylic acids is 1. The van der Waals surface area contributed by atoms with E-state index in [4.69, 9.17) is 9.90 Å². The first-order chi connectivity index (χ1) is 13.0. The first-order valence-corrected chi connectivity index (χ1v) is 9.41. The van der Waals surface area contributed by atoms with Gasteiger partial charge in [-0.3, -0.25) is 4.79 Å². The summed E-state index contributed by atoms with van der Waals surface area (Å²) < 4.78 is 31.7. The molecular weight excluding hydrogens is 373 g/mol. The van der Waals surface area contributed by atoms with Crippen molar-refractivity contribution < 1.29 is 27.9 Å². The molecule has 1 aromatic rings. The fourth-order valence-corrected chi connectivity index (χ4v) is 3.36. The maximum Gasteiger partial charge on any atom is 0.490 e. The van der Waals surface area contributed by atoms with Crippen LogP contribution in [0.25, 0.3) is 0 Å². The van der Waals surface area contributed by atoms with Crippen molar-refractivity contribution in [1.82, 2.24) is 10.6 Å². The average molecular weight is 400 g/mol. The molecule has 0 bridgehead atoms. The highest BCUT2D eigenvalue weighted by Crippen LogP contribution is 2.49. The van der Waals surface area contributed by atoms with E-state index < -0.39 is 12.1 Å².